The number of allylic oxidation sites excluding steroid dienone is 2. The first kappa shape index (κ1) is 14.9. The summed E-state index contributed by atoms with van der Waals surface area (Å²) < 4.78 is 0. The van der Waals surface area contributed by atoms with Crippen LogP contribution in [0.25, 0.3) is 0 Å². The fraction of sp³-hybridized carbons (Fsp3) is 0.286. The molecule has 0 heterocycles. The molecule has 2 rings (SSSR count). The molecule has 1 N–H and O–H groups in total. The molecule has 4 nitrogen and oxygen atoms in total. The molecular weight excluding hydrogens is 301 g/mol. The van der Waals surface area contributed by atoms with Gasteiger partial charge in [-0.05, 0) is 31.0 Å². The van der Waals surface area contributed by atoms with Gasteiger partial charge in [-0.1, -0.05) is 35.4 Å². The van der Waals surface area contributed by atoms with E-state index in [1.54, 1.807) is 24.3 Å². The zero-order chi connectivity index (χ0) is 14.7. The number of amides is 1. The van der Waals surface area contributed by atoms with Crippen molar-refractivity contribution in [3.63, 3.8) is 0 Å². The van der Waals surface area contributed by atoms with E-state index in [0.717, 1.165) is 0 Å². The van der Waals surface area contributed by atoms with Crippen molar-refractivity contribution in [2.75, 3.05) is 5.32 Å². The Morgan fingerprint density at radius 2 is 1.80 bits per heavy atom. The Balaban J connectivity index is 2.16. The van der Waals surface area contributed by atoms with Gasteiger partial charge < -0.3 is 15.2 Å². The summed E-state index contributed by atoms with van der Waals surface area (Å²) in [5, 5.41) is 14.5. The Morgan fingerprint density at radius 3 is 2.45 bits per heavy atom. The van der Waals surface area contributed by atoms with Crippen LogP contribution in [0.4, 0.5) is 5.69 Å². The molecular formula is C14H12Cl2NO3-. The van der Waals surface area contributed by atoms with Crippen LogP contribution in [-0.4, -0.2) is 11.9 Å². The number of benzene rings is 1. The van der Waals surface area contributed by atoms with Gasteiger partial charge in [0.05, 0.1) is 16.6 Å². The van der Waals surface area contributed by atoms with E-state index in [-0.39, 0.29) is 0 Å². The van der Waals surface area contributed by atoms with Gasteiger partial charge in [0.25, 0.3) is 0 Å². The van der Waals surface area contributed by atoms with Gasteiger partial charge in [-0.15, -0.1) is 0 Å². The Labute approximate surface area is 126 Å². The third-order valence-electron chi connectivity index (χ3n) is 3.26. The van der Waals surface area contributed by atoms with Crippen LogP contribution in [0, 0.1) is 11.8 Å². The molecule has 106 valence electrons. The van der Waals surface area contributed by atoms with Gasteiger partial charge in [0.2, 0.25) is 5.91 Å². The summed E-state index contributed by atoms with van der Waals surface area (Å²) in [5.74, 6) is -3.10. The van der Waals surface area contributed by atoms with E-state index < -0.39 is 23.7 Å². The highest BCUT2D eigenvalue weighted by atomic mass is 35.5. The molecule has 0 saturated heterocycles. The Kier molecular flexibility index (Phi) is 4.68. The zero-order valence-corrected chi connectivity index (χ0v) is 11.9. The average Bonchev–Trinajstić information content (AvgIpc) is 2.42. The maximum atomic E-state index is 12.2. The van der Waals surface area contributed by atoms with Crippen LogP contribution in [-0.2, 0) is 9.59 Å². The van der Waals surface area contributed by atoms with Gasteiger partial charge >= 0.3 is 0 Å². The minimum absolute atomic E-state index is 0.295. The molecule has 1 aromatic rings. The Hall–Kier alpha value is -1.52. The molecule has 0 spiro atoms. The first-order valence-electron chi connectivity index (χ1n) is 6.11. The number of carboxylic acid groups (broad SMARTS) is 1. The van der Waals surface area contributed by atoms with Crippen LogP contribution in [0.5, 0.6) is 0 Å². The van der Waals surface area contributed by atoms with Crippen molar-refractivity contribution < 1.29 is 14.7 Å². The highest BCUT2D eigenvalue weighted by Crippen LogP contribution is 2.29. The SMILES string of the molecule is O=C([O-])[C@@H]1CC=CC[C@H]1C(=O)Nc1cc(Cl)ccc1Cl. The smallest absolute Gasteiger partial charge is 0.228 e. The molecule has 0 bridgehead atoms. The van der Waals surface area contributed by atoms with E-state index in [1.165, 1.54) is 6.07 Å². The number of hydrogen-bond acceptors (Lipinski definition) is 3. The van der Waals surface area contributed by atoms with Crippen LogP contribution in [0.2, 0.25) is 10.0 Å². The highest BCUT2D eigenvalue weighted by Gasteiger charge is 2.30. The number of anilines is 1. The lowest BCUT2D eigenvalue weighted by atomic mass is 9.82. The van der Waals surface area contributed by atoms with Crippen molar-refractivity contribution in [1.29, 1.82) is 0 Å². The third kappa shape index (κ3) is 3.32. The molecule has 1 aromatic carbocycles. The summed E-state index contributed by atoms with van der Waals surface area (Å²) in [7, 11) is 0. The molecule has 1 amide bonds. The number of rotatable bonds is 3. The second-order valence-corrected chi connectivity index (χ2v) is 5.43. The standard InChI is InChI=1S/C14H13Cl2NO3/c15-8-5-6-11(16)12(7-8)17-13(18)9-3-1-2-4-10(9)14(19)20/h1-2,5-7,9-10H,3-4H2,(H,17,18)(H,19,20)/p-1/t9-,10-/m1/s1. The van der Waals surface area contributed by atoms with Crippen molar-refractivity contribution in [3.05, 3.63) is 40.4 Å². The van der Waals surface area contributed by atoms with Gasteiger partial charge in [0, 0.05) is 16.9 Å². The van der Waals surface area contributed by atoms with E-state index in [9.17, 15) is 14.7 Å². The molecule has 20 heavy (non-hydrogen) atoms. The van der Waals surface area contributed by atoms with Crippen LogP contribution < -0.4 is 10.4 Å². The summed E-state index contributed by atoms with van der Waals surface area (Å²) in [6, 6.07) is 4.69. The van der Waals surface area contributed by atoms with Crippen LogP contribution in [0.15, 0.2) is 30.4 Å². The predicted molar refractivity (Wildman–Crippen MR) is 75.5 cm³/mol. The topological polar surface area (TPSA) is 69.2 Å². The van der Waals surface area contributed by atoms with Crippen LogP contribution >= 0.6 is 23.2 Å². The second kappa shape index (κ2) is 6.29. The fourth-order valence-corrected chi connectivity index (χ4v) is 2.52. The number of aliphatic carboxylic acids is 1. The number of carboxylic acids is 1. The van der Waals surface area contributed by atoms with Gasteiger partial charge in [-0.2, -0.15) is 0 Å². The summed E-state index contributed by atoms with van der Waals surface area (Å²) >= 11 is 11.8. The third-order valence-corrected chi connectivity index (χ3v) is 3.82. The Morgan fingerprint density at radius 1 is 1.15 bits per heavy atom. The monoisotopic (exact) mass is 312 g/mol. The maximum absolute atomic E-state index is 12.2. The Bertz CT molecular complexity index is 572. The minimum Gasteiger partial charge on any atom is -0.550 e. The fourth-order valence-electron chi connectivity index (χ4n) is 2.18. The number of hydrogen-bond donors (Lipinski definition) is 1. The second-order valence-electron chi connectivity index (χ2n) is 4.59. The molecule has 6 heteroatoms. The lowest BCUT2D eigenvalue weighted by molar-refractivity contribution is -0.313. The zero-order valence-electron chi connectivity index (χ0n) is 10.4. The quantitative estimate of drug-likeness (QED) is 0.870. The summed E-state index contributed by atoms with van der Waals surface area (Å²) in [6.07, 6.45) is 4.20. The van der Waals surface area contributed by atoms with E-state index >= 15 is 0 Å². The minimum atomic E-state index is -1.22. The average molecular weight is 313 g/mol. The van der Waals surface area contributed by atoms with E-state index in [0.29, 0.717) is 28.6 Å². The molecule has 2 atom stereocenters. The molecule has 0 unspecified atom stereocenters. The van der Waals surface area contributed by atoms with Crippen molar-refractivity contribution in [2.24, 2.45) is 11.8 Å². The van der Waals surface area contributed by atoms with Gasteiger partial charge in [0.15, 0.2) is 0 Å². The van der Waals surface area contributed by atoms with E-state index in [1.807, 2.05) is 0 Å². The lowest BCUT2D eigenvalue weighted by Crippen LogP contribution is -2.41. The van der Waals surface area contributed by atoms with Crippen molar-refractivity contribution in [2.45, 2.75) is 12.8 Å². The molecule has 1 aliphatic rings. The molecule has 0 aliphatic heterocycles. The van der Waals surface area contributed by atoms with Gasteiger partial charge in [-0.25, -0.2) is 0 Å². The van der Waals surface area contributed by atoms with Crippen molar-refractivity contribution in [3.8, 4) is 0 Å². The maximum Gasteiger partial charge on any atom is 0.228 e. The van der Waals surface area contributed by atoms with Crippen molar-refractivity contribution >= 4 is 40.8 Å². The predicted octanol–water partition coefficient (Wildman–Crippen LogP) is 2.26. The first-order valence-corrected chi connectivity index (χ1v) is 6.86. The van der Waals surface area contributed by atoms with Crippen molar-refractivity contribution in [1.82, 2.24) is 0 Å². The lowest BCUT2D eigenvalue weighted by Gasteiger charge is -2.28. The van der Waals surface area contributed by atoms with Gasteiger partial charge in [0.1, 0.15) is 0 Å². The number of carbonyl (C=O) groups is 2. The number of halogens is 2. The molecule has 0 aromatic heterocycles. The summed E-state index contributed by atoms with van der Waals surface area (Å²) in [4.78, 5) is 23.3. The largest absolute Gasteiger partial charge is 0.550 e. The van der Waals surface area contributed by atoms with Crippen LogP contribution in [0.3, 0.4) is 0 Å². The van der Waals surface area contributed by atoms with E-state index in [4.69, 9.17) is 23.2 Å². The number of nitrogens with one attached hydrogen (secondary N) is 1. The van der Waals surface area contributed by atoms with E-state index in [2.05, 4.69) is 5.32 Å². The normalized spacial score (nSPS) is 21.5. The highest BCUT2D eigenvalue weighted by molar-refractivity contribution is 6.35. The molecule has 0 radical (unpaired) electrons. The summed E-state index contributed by atoms with van der Waals surface area (Å²) in [5.41, 5.74) is 0.371. The van der Waals surface area contributed by atoms with Crippen LogP contribution in [0.1, 0.15) is 12.8 Å². The molecule has 0 saturated carbocycles. The van der Waals surface area contributed by atoms with Gasteiger partial charge in [-0.3, -0.25) is 4.79 Å². The molecule has 1 aliphatic carbocycles. The molecule has 0 fully saturated rings. The number of carbonyl (C=O) groups excluding carboxylic acids is 2. The summed E-state index contributed by atoms with van der Waals surface area (Å²) in [6.45, 7) is 0. The first-order chi connectivity index (χ1) is 9.49.